The molecule has 0 aliphatic carbocycles. The van der Waals surface area contributed by atoms with Crippen LogP contribution in [0.3, 0.4) is 0 Å². The Kier molecular flexibility index (Phi) is 5.22. The van der Waals surface area contributed by atoms with Crippen LogP contribution in [-0.4, -0.2) is 22.0 Å². The van der Waals surface area contributed by atoms with Crippen LogP contribution in [0, 0.1) is 0 Å². The summed E-state index contributed by atoms with van der Waals surface area (Å²) in [5.41, 5.74) is 2.67. The van der Waals surface area contributed by atoms with Crippen molar-refractivity contribution in [1.29, 1.82) is 0 Å². The average Bonchev–Trinajstić information content (AvgIpc) is 2.87. The number of para-hydroxylation sites is 1. The van der Waals surface area contributed by atoms with Crippen molar-refractivity contribution < 1.29 is 4.79 Å². The van der Waals surface area contributed by atoms with Gasteiger partial charge in [-0.15, -0.1) is 0 Å². The number of aromatic nitrogens is 2. The summed E-state index contributed by atoms with van der Waals surface area (Å²) < 4.78 is 2.65. The van der Waals surface area contributed by atoms with E-state index >= 15 is 0 Å². The molecule has 2 N–H and O–H groups in total. The number of anilines is 2. The summed E-state index contributed by atoms with van der Waals surface area (Å²) in [7, 11) is 1.87. The van der Waals surface area contributed by atoms with Crippen molar-refractivity contribution in [2.75, 3.05) is 11.9 Å². The predicted octanol–water partition coefficient (Wildman–Crippen LogP) is 5.14. The summed E-state index contributed by atoms with van der Waals surface area (Å²) in [5, 5.41) is 6.95. The Bertz CT molecular complexity index is 951. The molecule has 0 radical (unpaired) electrons. The molecule has 1 aromatic heterocycles. The zero-order chi connectivity index (χ0) is 18.1. The van der Waals surface area contributed by atoms with Crippen LogP contribution in [-0.2, 0) is 7.05 Å². The number of amides is 1. The highest BCUT2D eigenvalue weighted by Crippen LogP contribution is 2.34. The topological polar surface area (TPSA) is 59.0 Å². The normalized spacial score (nSPS) is 10.9. The third-order valence-electron chi connectivity index (χ3n) is 3.72. The van der Waals surface area contributed by atoms with E-state index in [0.717, 1.165) is 9.99 Å². The van der Waals surface area contributed by atoms with Crippen molar-refractivity contribution in [2.24, 2.45) is 7.05 Å². The fraction of sp³-hybridized carbons (Fsp3) is 0.176. The van der Waals surface area contributed by atoms with E-state index in [-0.39, 0.29) is 5.91 Å². The lowest BCUT2D eigenvalue weighted by Gasteiger charge is -2.10. The average molecular weight is 442 g/mol. The molecule has 2 aromatic carbocycles. The second-order valence-corrected chi connectivity index (χ2v) is 7.07. The Morgan fingerprint density at radius 3 is 2.60 bits per heavy atom. The maximum absolute atomic E-state index is 12.1. The van der Waals surface area contributed by atoms with Crippen molar-refractivity contribution in [3.05, 3.63) is 50.4 Å². The van der Waals surface area contributed by atoms with Gasteiger partial charge in [-0.25, -0.2) is 4.98 Å². The molecule has 1 amide bonds. The predicted molar refractivity (Wildman–Crippen MR) is 106 cm³/mol. The van der Waals surface area contributed by atoms with E-state index in [1.165, 1.54) is 0 Å². The van der Waals surface area contributed by atoms with Gasteiger partial charge < -0.3 is 15.2 Å². The number of fused-ring (bicyclic) bond motifs is 1. The zero-order valence-corrected chi connectivity index (χ0v) is 16.6. The number of hydrogen-bond donors (Lipinski definition) is 2. The van der Waals surface area contributed by atoms with Crippen LogP contribution in [0.1, 0.15) is 17.3 Å². The summed E-state index contributed by atoms with van der Waals surface area (Å²) in [6, 6.07) is 8.81. The highest BCUT2D eigenvalue weighted by atomic mass is 79.9. The minimum Gasteiger partial charge on any atom is -0.352 e. The number of nitrogens with one attached hydrogen (secondary N) is 2. The lowest BCUT2D eigenvalue weighted by molar-refractivity contribution is 0.0956. The number of rotatable bonds is 4. The van der Waals surface area contributed by atoms with Crippen LogP contribution in [0.5, 0.6) is 0 Å². The van der Waals surface area contributed by atoms with Gasteiger partial charge in [-0.1, -0.05) is 29.3 Å². The van der Waals surface area contributed by atoms with Crippen LogP contribution >= 0.6 is 39.1 Å². The molecule has 0 saturated heterocycles. The molecule has 0 unspecified atom stereocenters. The zero-order valence-electron chi connectivity index (χ0n) is 13.5. The molecule has 1 heterocycles. The van der Waals surface area contributed by atoms with Gasteiger partial charge in [-0.05, 0) is 47.1 Å². The van der Waals surface area contributed by atoms with Gasteiger partial charge in [-0.2, -0.15) is 0 Å². The fourth-order valence-corrected chi connectivity index (χ4v) is 3.74. The van der Waals surface area contributed by atoms with Crippen LogP contribution in [0.15, 0.2) is 34.8 Å². The second kappa shape index (κ2) is 7.23. The monoisotopic (exact) mass is 440 g/mol. The SMILES string of the molecule is CCNC(=O)c1cc(Br)c2c(c1)nc(Nc1c(Cl)cccc1Cl)n2C. The third kappa shape index (κ3) is 3.47. The minimum absolute atomic E-state index is 0.139. The maximum atomic E-state index is 12.1. The first-order chi connectivity index (χ1) is 11.9. The molecule has 0 atom stereocenters. The van der Waals surface area contributed by atoms with Crippen LogP contribution < -0.4 is 10.6 Å². The number of carbonyl (C=O) groups is 1. The van der Waals surface area contributed by atoms with Gasteiger partial charge in [0.2, 0.25) is 5.95 Å². The number of hydrogen-bond acceptors (Lipinski definition) is 3. The van der Waals surface area contributed by atoms with E-state index in [1.807, 2.05) is 18.5 Å². The Labute approximate surface area is 163 Å². The maximum Gasteiger partial charge on any atom is 0.251 e. The molecule has 5 nitrogen and oxygen atoms in total. The van der Waals surface area contributed by atoms with Crippen LogP contribution in [0.25, 0.3) is 11.0 Å². The molecule has 8 heteroatoms. The van der Waals surface area contributed by atoms with Gasteiger partial charge in [0.25, 0.3) is 5.91 Å². The number of imidazole rings is 1. The Morgan fingerprint density at radius 2 is 1.96 bits per heavy atom. The van der Waals surface area contributed by atoms with Gasteiger partial charge >= 0.3 is 0 Å². The van der Waals surface area contributed by atoms with E-state index in [9.17, 15) is 4.79 Å². The third-order valence-corrected chi connectivity index (χ3v) is 4.96. The molecule has 0 bridgehead atoms. The second-order valence-electron chi connectivity index (χ2n) is 5.40. The van der Waals surface area contributed by atoms with E-state index in [0.29, 0.717) is 39.3 Å². The van der Waals surface area contributed by atoms with Gasteiger partial charge in [0.1, 0.15) is 0 Å². The van der Waals surface area contributed by atoms with Crippen molar-refractivity contribution in [2.45, 2.75) is 6.92 Å². The number of aryl methyl sites for hydroxylation is 1. The number of halogens is 3. The Morgan fingerprint density at radius 1 is 1.28 bits per heavy atom. The van der Waals surface area contributed by atoms with E-state index in [2.05, 4.69) is 31.5 Å². The number of benzene rings is 2. The molecule has 0 fully saturated rings. The highest BCUT2D eigenvalue weighted by molar-refractivity contribution is 9.10. The number of carbonyl (C=O) groups excluding carboxylic acids is 1. The van der Waals surface area contributed by atoms with Gasteiger partial charge in [0.15, 0.2) is 0 Å². The first-order valence-corrected chi connectivity index (χ1v) is 9.12. The van der Waals surface area contributed by atoms with Gasteiger partial charge in [0.05, 0.1) is 26.8 Å². The first-order valence-electron chi connectivity index (χ1n) is 7.57. The summed E-state index contributed by atoms with van der Waals surface area (Å²) in [4.78, 5) is 16.7. The summed E-state index contributed by atoms with van der Waals surface area (Å²) in [5.74, 6) is 0.429. The first kappa shape index (κ1) is 18.0. The molecular weight excluding hydrogens is 427 g/mol. The van der Waals surface area contributed by atoms with Gasteiger partial charge in [-0.3, -0.25) is 4.79 Å². The lowest BCUT2D eigenvalue weighted by atomic mass is 10.2. The standard InChI is InChI=1S/C17H15BrCl2N4O/c1-3-21-16(25)9-7-10(18)15-13(8-9)22-17(24(15)2)23-14-11(19)5-4-6-12(14)20/h4-8H,3H2,1-2H3,(H,21,25)(H,22,23). The molecular formula is C17H15BrCl2N4O. The molecule has 0 aliphatic heterocycles. The van der Waals surface area contributed by atoms with E-state index in [1.54, 1.807) is 30.3 Å². The largest absolute Gasteiger partial charge is 0.352 e. The summed E-state index contributed by atoms with van der Waals surface area (Å²) in [6.07, 6.45) is 0. The fourth-order valence-electron chi connectivity index (χ4n) is 2.53. The Balaban J connectivity index is 2.07. The molecule has 3 aromatic rings. The van der Waals surface area contributed by atoms with E-state index in [4.69, 9.17) is 23.2 Å². The Hall–Kier alpha value is -1.76. The van der Waals surface area contributed by atoms with Crippen LogP contribution in [0.4, 0.5) is 11.6 Å². The van der Waals surface area contributed by atoms with Crippen molar-refractivity contribution in [1.82, 2.24) is 14.9 Å². The van der Waals surface area contributed by atoms with E-state index < -0.39 is 0 Å². The minimum atomic E-state index is -0.139. The molecule has 0 spiro atoms. The molecule has 0 saturated carbocycles. The summed E-state index contributed by atoms with van der Waals surface area (Å²) >= 11 is 16.0. The van der Waals surface area contributed by atoms with Crippen molar-refractivity contribution >= 4 is 67.7 Å². The molecule has 130 valence electrons. The lowest BCUT2D eigenvalue weighted by Crippen LogP contribution is -2.22. The van der Waals surface area contributed by atoms with Crippen molar-refractivity contribution in [3.63, 3.8) is 0 Å². The molecule has 25 heavy (non-hydrogen) atoms. The van der Waals surface area contributed by atoms with Crippen LogP contribution in [0.2, 0.25) is 10.0 Å². The smallest absolute Gasteiger partial charge is 0.251 e. The molecule has 3 rings (SSSR count). The number of nitrogens with zero attached hydrogens (tertiary/aromatic N) is 2. The van der Waals surface area contributed by atoms with Crippen molar-refractivity contribution in [3.8, 4) is 0 Å². The highest BCUT2D eigenvalue weighted by Gasteiger charge is 2.16. The summed E-state index contributed by atoms with van der Waals surface area (Å²) in [6.45, 7) is 2.44. The van der Waals surface area contributed by atoms with Gasteiger partial charge in [0, 0.05) is 23.6 Å². The quantitative estimate of drug-likeness (QED) is 0.589. The molecule has 0 aliphatic rings.